The number of carbonyl (C=O) groups excluding carboxylic acids is 2. The molecule has 2 aliphatic heterocycles. The van der Waals surface area contributed by atoms with Crippen LogP contribution in [0.4, 0.5) is 5.69 Å². The first-order chi connectivity index (χ1) is 19.8. The van der Waals surface area contributed by atoms with Crippen molar-refractivity contribution in [1.29, 1.82) is 0 Å². The molecule has 2 aliphatic rings. The van der Waals surface area contributed by atoms with Gasteiger partial charge in [0.25, 0.3) is 0 Å². The average molecular weight is 566 g/mol. The monoisotopic (exact) mass is 565 g/mol. The van der Waals surface area contributed by atoms with Gasteiger partial charge in [-0.1, -0.05) is 13.0 Å². The highest BCUT2D eigenvalue weighted by Gasteiger charge is 2.31. The zero-order valence-corrected chi connectivity index (χ0v) is 23.4. The van der Waals surface area contributed by atoms with Crippen LogP contribution in [-0.4, -0.2) is 92.6 Å². The number of aromatic nitrogens is 4. The van der Waals surface area contributed by atoms with E-state index in [9.17, 15) is 14.7 Å². The van der Waals surface area contributed by atoms with E-state index in [1.54, 1.807) is 23.1 Å². The molecule has 13 heteroatoms. The lowest BCUT2D eigenvalue weighted by Crippen LogP contribution is -2.47. The van der Waals surface area contributed by atoms with Gasteiger partial charge in [-0.2, -0.15) is 0 Å². The molecule has 0 spiro atoms. The summed E-state index contributed by atoms with van der Waals surface area (Å²) in [5.74, 6) is 1.62. The summed E-state index contributed by atoms with van der Waals surface area (Å²) < 4.78 is 18.9. The standard InChI is InChI=1S/C28H35N7O6/c1-18-11-35(19(2)15-36)28(38)10-21-9-22(30-27(37)14-34-16-29-31-32-34)5-7-23(21)41-26(18)13-33(3)12-20-4-6-24-25(8-20)40-17-39-24/h4-9,16,18-19,26,36H,10-15,17H2,1-3H3,(H,30,37)/t18-,19-,26+/m1/s1. The predicted molar refractivity (Wildman–Crippen MR) is 147 cm³/mol. The molecule has 2 aromatic carbocycles. The largest absolute Gasteiger partial charge is 0.488 e. The normalized spacial score (nSPS) is 19.1. The van der Waals surface area contributed by atoms with Gasteiger partial charge in [0.2, 0.25) is 18.6 Å². The summed E-state index contributed by atoms with van der Waals surface area (Å²) in [6, 6.07) is 10.9. The fraction of sp³-hybridized carbons (Fsp3) is 0.464. The summed E-state index contributed by atoms with van der Waals surface area (Å²) in [6.07, 6.45) is 1.17. The maximum Gasteiger partial charge on any atom is 0.246 e. The van der Waals surface area contributed by atoms with E-state index in [4.69, 9.17) is 14.2 Å². The number of rotatable bonds is 9. The highest BCUT2D eigenvalue weighted by Crippen LogP contribution is 2.33. The number of ether oxygens (including phenoxy) is 3. The molecule has 3 aromatic rings. The highest BCUT2D eigenvalue weighted by atomic mass is 16.7. The highest BCUT2D eigenvalue weighted by molar-refractivity contribution is 5.91. The summed E-state index contributed by atoms with van der Waals surface area (Å²) in [7, 11) is 2.02. The van der Waals surface area contributed by atoms with Crippen LogP contribution in [0.1, 0.15) is 25.0 Å². The van der Waals surface area contributed by atoms with Gasteiger partial charge in [0.15, 0.2) is 11.5 Å². The average Bonchev–Trinajstić information content (AvgIpc) is 3.63. The Labute approximate surface area is 238 Å². The molecule has 1 aromatic heterocycles. The number of amides is 2. The Balaban J connectivity index is 1.35. The van der Waals surface area contributed by atoms with Gasteiger partial charge in [-0.15, -0.1) is 5.10 Å². The molecule has 0 unspecified atom stereocenters. The van der Waals surface area contributed by atoms with E-state index in [0.717, 1.165) is 17.1 Å². The predicted octanol–water partition coefficient (Wildman–Crippen LogP) is 1.32. The third-order valence-corrected chi connectivity index (χ3v) is 7.28. The fourth-order valence-corrected chi connectivity index (χ4v) is 5.05. The summed E-state index contributed by atoms with van der Waals surface area (Å²) >= 11 is 0. The maximum atomic E-state index is 13.5. The van der Waals surface area contributed by atoms with E-state index in [2.05, 4.69) is 32.7 Å². The number of carbonyl (C=O) groups is 2. The molecule has 0 aliphatic carbocycles. The second kappa shape index (κ2) is 12.5. The van der Waals surface area contributed by atoms with E-state index in [-0.39, 0.29) is 56.2 Å². The molecule has 2 N–H and O–H groups in total. The molecule has 3 atom stereocenters. The molecular formula is C28H35N7O6. The summed E-state index contributed by atoms with van der Waals surface area (Å²) in [5, 5.41) is 23.5. The van der Waals surface area contributed by atoms with Crippen LogP contribution < -0.4 is 19.5 Å². The minimum atomic E-state index is -0.349. The Hall–Kier alpha value is -4.23. The zero-order chi connectivity index (χ0) is 28.9. The molecule has 0 bridgehead atoms. The molecule has 13 nitrogen and oxygen atoms in total. The molecule has 218 valence electrons. The van der Waals surface area contributed by atoms with Gasteiger partial charge in [-0.3, -0.25) is 14.5 Å². The Morgan fingerprint density at radius 3 is 2.78 bits per heavy atom. The number of fused-ring (bicyclic) bond motifs is 2. The van der Waals surface area contributed by atoms with Crippen molar-refractivity contribution >= 4 is 17.5 Å². The van der Waals surface area contributed by atoms with Crippen LogP contribution in [0, 0.1) is 5.92 Å². The number of hydrogen-bond donors (Lipinski definition) is 2. The van der Waals surface area contributed by atoms with Crippen LogP contribution >= 0.6 is 0 Å². The zero-order valence-electron chi connectivity index (χ0n) is 23.4. The molecular weight excluding hydrogens is 530 g/mol. The number of aliphatic hydroxyl groups excluding tert-OH is 1. The number of tetrazole rings is 1. The van der Waals surface area contributed by atoms with Crippen molar-refractivity contribution in [2.75, 3.05) is 38.9 Å². The number of nitrogens with one attached hydrogen (secondary N) is 1. The number of benzene rings is 2. The molecule has 41 heavy (non-hydrogen) atoms. The summed E-state index contributed by atoms with van der Waals surface area (Å²) in [5.41, 5.74) is 2.27. The van der Waals surface area contributed by atoms with Crippen LogP contribution in [-0.2, 0) is 29.1 Å². The summed E-state index contributed by atoms with van der Waals surface area (Å²) in [6.45, 7) is 5.63. The van der Waals surface area contributed by atoms with Crippen LogP contribution in [0.15, 0.2) is 42.7 Å². The lowest BCUT2D eigenvalue weighted by atomic mass is 10.0. The molecule has 5 rings (SSSR count). The molecule has 0 radical (unpaired) electrons. The number of anilines is 1. The Morgan fingerprint density at radius 1 is 1.20 bits per heavy atom. The fourth-order valence-electron chi connectivity index (χ4n) is 5.05. The minimum absolute atomic E-state index is 0.0335. The van der Waals surface area contributed by atoms with Crippen LogP contribution in [0.3, 0.4) is 0 Å². The van der Waals surface area contributed by atoms with E-state index in [0.29, 0.717) is 36.6 Å². The van der Waals surface area contributed by atoms with Crippen molar-refractivity contribution in [3.8, 4) is 17.2 Å². The first-order valence-electron chi connectivity index (χ1n) is 13.6. The lowest BCUT2D eigenvalue weighted by molar-refractivity contribution is -0.134. The van der Waals surface area contributed by atoms with Gasteiger partial charge < -0.3 is 29.5 Å². The van der Waals surface area contributed by atoms with Gasteiger partial charge in [0.1, 0.15) is 24.7 Å². The van der Waals surface area contributed by atoms with Crippen molar-refractivity contribution in [3.05, 3.63) is 53.9 Å². The van der Waals surface area contributed by atoms with E-state index >= 15 is 0 Å². The first-order valence-corrected chi connectivity index (χ1v) is 13.6. The second-order valence-corrected chi connectivity index (χ2v) is 10.7. The Kier molecular flexibility index (Phi) is 8.64. The van der Waals surface area contributed by atoms with Crippen molar-refractivity contribution in [2.45, 2.75) is 45.5 Å². The molecule has 0 saturated carbocycles. The smallest absolute Gasteiger partial charge is 0.246 e. The number of likely N-dealkylation sites (N-methyl/N-ethyl adjacent to an activating group) is 1. The topological polar surface area (TPSA) is 144 Å². The molecule has 0 fully saturated rings. The lowest BCUT2D eigenvalue weighted by Gasteiger charge is -2.34. The van der Waals surface area contributed by atoms with Crippen LogP contribution in [0.5, 0.6) is 17.2 Å². The SMILES string of the molecule is C[C@@H]1CN([C@H](C)CO)C(=O)Cc2cc(NC(=O)Cn3cnnn3)ccc2O[C@H]1CN(C)Cc1ccc2c(c1)OCO2. The third-order valence-electron chi connectivity index (χ3n) is 7.28. The maximum absolute atomic E-state index is 13.5. The van der Waals surface area contributed by atoms with E-state index < -0.39 is 0 Å². The first kappa shape index (κ1) is 28.3. The van der Waals surface area contributed by atoms with Gasteiger partial charge in [0, 0.05) is 36.8 Å². The number of nitrogens with zero attached hydrogens (tertiary/aromatic N) is 6. The van der Waals surface area contributed by atoms with Gasteiger partial charge >= 0.3 is 0 Å². The van der Waals surface area contributed by atoms with Crippen molar-refractivity contribution in [3.63, 3.8) is 0 Å². The molecule has 3 heterocycles. The molecule has 0 saturated heterocycles. The minimum Gasteiger partial charge on any atom is -0.488 e. The van der Waals surface area contributed by atoms with Crippen LogP contribution in [0.25, 0.3) is 0 Å². The van der Waals surface area contributed by atoms with Crippen molar-refractivity contribution in [1.82, 2.24) is 30.0 Å². The van der Waals surface area contributed by atoms with E-state index in [1.807, 2.05) is 32.2 Å². The van der Waals surface area contributed by atoms with Gasteiger partial charge in [-0.25, -0.2) is 4.68 Å². The molecule has 2 amide bonds. The van der Waals surface area contributed by atoms with E-state index in [1.165, 1.54) is 11.0 Å². The van der Waals surface area contributed by atoms with Crippen LogP contribution in [0.2, 0.25) is 0 Å². The number of aliphatic hydroxyl groups is 1. The van der Waals surface area contributed by atoms with Gasteiger partial charge in [-0.05, 0) is 60.3 Å². The van der Waals surface area contributed by atoms with Gasteiger partial charge in [0.05, 0.1) is 19.1 Å². The third kappa shape index (κ3) is 6.92. The van der Waals surface area contributed by atoms with Crippen molar-refractivity contribution in [2.24, 2.45) is 5.92 Å². The Morgan fingerprint density at radius 2 is 2.00 bits per heavy atom. The quantitative estimate of drug-likeness (QED) is 0.390. The van der Waals surface area contributed by atoms with Crippen molar-refractivity contribution < 1.29 is 28.9 Å². The number of hydrogen-bond acceptors (Lipinski definition) is 10. The Bertz CT molecular complexity index is 1370. The summed E-state index contributed by atoms with van der Waals surface area (Å²) in [4.78, 5) is 29.9. The second-order valence-electron chi connectivity index (χ2n) is 10.7.